The summed E-state index contributed by atoms with van der Waals surface area (Å²) in [5, 5.41) is 11.4. The number of unbranched alkanes of at least 4 members (excludes halogenated alkanes) is 1. The first kappa shape index (κ1) is 34.1. The second-order valence-electron chi connectivity index (χ2n) is 10.4. The maximum atomic E-state index is 13.0. The molecule has 0 radical (unpaired) electrons. The lowest BCUT2D eigenvalue weighted by Gasteiger charge is -2.27. The zero-order valence-corrected chi connectivity index (χ0v) is 28.3. The minimum atomic E-state index is -0.692. The lowest BCUT2D eigenvalue weighted by Crippen LogP contribution is -2.21. The first-order valence-corrected chi connectivity index (χ1v) is 15.9. The summed E-state index contributed by atoms with van der Waals surface area (Å²) in [7, 11) is 1.52. The molecule has 0 spiro atoms. The Hall–Kier alpha value is -4.26. The van der Waals surface area contributed by atoms with Crippen molar-refractivity contribution >= 4 is 52.4 Å². The topological polar surface area (TPSA) is 113 Å². The van der Waals surface area contributed by atoms with Gasteiger partial charge in [0, 0.05) is 27.2 Å². The Bertz CT molecular complexity index is 1880. The van der Waals surface area contributed by atoms with Crippen LogP contribution in [0.1, 0.15) is 52.7 Å². The third-order valence-electron chi connectivity index (χ3n) is 7.30. The van der Waals surface area contributed by atoms with E-state index in [1.165, 1.54) is 25.3 Å². The number of ether oxygens (including phenoxy) is 5. The van der Waals surface area contributed by atoms with Gasteiger partial charge in [-0.15, -0.1) is 0 Å². The summed E-state index contributed by atoms with van der Waals surface area (Å²) in [6.45, 7) is 2.67. The van der Waals surface area contributed by atoms with Crippen molar-refractivity contribution in [2.75, 3.05) is 13.7 Å². The Balaban J connectivity index is 1.39. The molecule has 2 N–H and O–H groups in total. The van der Waals surface area contributed by atoms with Crippen LogP contribution in [0.5, 0.6) is 28.7 Å². The van der Waals surface area contributed by atoms with Gasteiger partial charge >= 0.3 is 5.97 Å². The Morgan fingerprint density at radius 3 is 2.38 bits per heavy atom. The molecule has 0 saturated heterocycles. The van der Waals surface area contributed by atoms with Crippen molar-refractivity contribution in [2.45, 2.75) is 32.3 Å². The summed E-state index contributed by atoms with van der Waals surface area (Å²) in [6.07, 6.45) is 1.78. The Kier molecular flexibility index (Phi) is 10.9. The zero-order chi connectivity index (χ0) is 33.7. The fourth-order valence-corrected chi connectivity index (χ4v) is 5.98. The number of benzene rings is 4. The van der Waals surface area contributed by atoms with Crippen LogP contribution in [0.3, 0.4) is 0 Å². The Morgan fingerprint density at radius 2 is 1.70 bits per heavy atom. The number of rotatable bonds is 11. The summed E-state index contributed by atoms with van der Waals surface area (Å²) >= 11 is 25.0. The summed E-state index contributed by atoms with van der Waals surface area (Å²) in [4.78, 5) is 13.0. The van der Waals surface area contributed by atoms with E-state index in [9.17, 15) is 10.1 Å². The summed E-state index contributed by atoms with van der Waals surface area (Å²) in [5.41, 5.74) is 8.62. The van der Waals surface area contributed by atoms with E-state index in [-0.39, 0.29) is 39.4 Å². The molecule has 12 heteroatoms. The number of carbonyl (C=O) groups excluding carboxylic acids is 1. The van der Waals surface area contributed by atoms with Gasteiger partial charge in [0.1, 0.15) is 29.7 Å². The van der Waals surface area contributed by atoms with Crippen LogP contribution in [0.2, 0.25) is 20.1 Å². The number of halogens is 4. The highest BCUT2D eigenvalue weighted by Gasteiger charge is 2.32. The maximum absolute atomic E-state index is 13.0. The minimum absolute atomic E-state index is 0.0811. The first-order chi connectivity index (χ1) is 22.6. The van der Waals surface area contributed by atoms with Gasteiger partial charge in [0.25, 0.3) is 0 Å². The van der Waals surface area contributed by atoms with Crippen molar-refractivity contribution in [3.8, 4) is 34.8 Å². The fourth-order valence-electron chi connectivity index (χ4n) is 4.92. The molecular formula is C35H28Cl4N2O6. The van der Waals surface area contributed by atoms with E-state index in [0.29, 0.717) is 50.8 Å². The van der Waals surface area contributed by atoms with E-state index in [2.05, 4.69) is 6.07 Å². The number of esters is 1. The van der Waals surface area contributed by atoms with Crippen LogP contribution in [-0.2, 0) is 6.61 Å². The molecule has 5 rings (SSSR count). The fraction of sp³-hybridized carbons (Fsp3) is 0.200. The second-order valence-corrected chi connectivity index (χ2v) is 12.1. The highest BCUT2D eigenvalue weighted by Crippen LogP contribution is 2.45. The van der Waals surface area contributed by atoms with E-state index in [4.69, 9.17) is 75.8 Å². The monoisotopic (exact) mass is 712 g/mol. The summed E-state index contributed by atoms with van der Waals surface area (Å²) in [6, 6.07) is 20.3. The highest BCUT2D eigenvalue weighted by molar-refractivity contribution is 6.37. The average molecular weight is 714 g/mol. The summed E-state index contributed by atoms with van der Waals surface area (Å²) in [5.74, 6) is 0.311. The predicted octanol–water partition coefficient (Wildman–Crippen LogP) is 9.50. The molecule has 1 atom stereocenters. The van der Waals surface area contributed by atoms with Gasteiger partial charge in [0.05, 0.1) is 35.2 Å². The average Bonchev–Trinajstić information content (AvgIpc) is 3.04. The van der Waals surface area contributed by atoms with E-state index < -0.39 is 11.9 Å². The van der Waals surface area contributed by atoms with Crippen LogP contribution in [0.15, 0.2) is 78.2 Å². The van der Waals surface area contributed by atoms with Crippen LogP contribution < -0.4 is 29.4 Å². The molecule has 4 aromatic carbocycles. The van der Waals surface area contributed by atoms with Gasteiger partial charge in [0.15, 0.2) is 17.2 Å². The van der Waals surface area contributed by atoms with Crippen LogP contribution in [-0.4, -0.2) is 19.7 Å². The molecule has 1 heterocycles. The van der Waals surface area contributed by atoms with E-state index in [1.54, 1.807) is 42.5 Å². The molecule has 1 aliphatic rings. The van der Waals surface area contributed by atoms with Crippen molar-refractivity contribution in [1.29, 1.82) is 5.26 Å². The molecule has 8 nitrogen and oxygen atoms in total. The van der Waals surface area contributed by atoms with Crippen molar-refractivity contribution < 1.29 is 28.5 Å². The van der Waals surface area contributed by atoms with E-state index >= 15 is 0 Å². The molecule has 0 aliphatic carbocycles. The minimum Gasteiger partial charge on any atom is -0.493 e. The standard InChI is InChI=1S/C35H28Cl4N2O6/c1-3-4-11-44-33-27(38)12-21(13-28(33)39)35(42)46-23-8-9-24-30(16-23)47-34(41)25(17-40)32(24)19-6-10-29(31(14-19)43-2)45-18-20-5-7-22(36)15-26(20)37/h5-10,12-16,32H,3-4,11,18,41H2,1-2H3. The lowest BCUT2D eigenvalue weighted by atomic mass is 9.83. The quantitative estimate of drug-likeness (QED) is 0.0929. The van der Waals surface area contributed by atoms with Gasteiger partial charge in [-0.05, 0) is 54.4 Å². The number of allylic oxidation sites excluding steroid dienone is 1. The smallest absolute Gasteiger partial charge is 0.343 e. The van der Waals surface area contributed by atoms with Crippen molar-refractivity contribution in [3.63, 3.8) is 0 Å². The Morgan fingerprint density at radius 1 is 0.936 bits per heavy atom. The largest absolute Gasteiger partial charge is 0.493 e. The van der Waals surface area contributed by atoms with Crippen LogP contribution in [0.4, 0.5) is 0 Å². The molecule has 0 fully saturated rings. The third kappa shape index (κ3) is 7.66. The van der Waals surface area contributed by atoms with Crippen molar-refractivity contribution in [1.82, 2.24) is 0 Å². The van der Waals surface area contributed by atoms with E-state index in [1.807, 2.05) is 13.0 Å². The molecule has 242 valence electrons. The Labute approximate surface area is 292 Å². The highest BCUT2D eigenvalue weighted by atomic mass is 35.5. The SMILES string of the molecule is CCCCOc1c(Cl)cc(C(=O)Oc2ccc3c(c2)OC(N)=C(C#N)C3c2ccc(OCc3ccc(Cl)cc3Cl)c(OC)c2)cc1Cl. The number of hydrogen-bond donors (Lipinski definition) is 1. The van der Waals surface area contributed by atoms with Crippen LogP contribution in [0.25, 0.3) is 0 Å². The van der Waals surface area contributed by atoms with Gasteiger partial charge in [-0.2, -0.15) is 5.26 Å². The van der Waals surface area contributed by atoms with Gasteiger partial charge in [-0.3, -0.25) is 0 Å². The zero-order valence-electron chi connectivity index (χ0n) is 25.2. The summed E-state index contributed by atoms with van der Waals surface area (Å²) < 4.78 is 28.7. The molecule has 1 aliphatic heterocycles. The number of fused-ring (bicyclic) bond motifs is 1. The van der Waals surface area contributed by atoms with Gasteiger partial charge in [-0.25, -0.2) is 4.79 Å². The molecule has 0 saturated carbocycles. The van der Waals surface area contributed by atoms with Gasteiger partial charge in [0.2, 0.25) is 5.88 Å². The molecular weight excluding hydrogens is 686 g/mol. The van der Waals surface area contributed by atoms with Crippen molar-refractivity contribution in [2.24, 2.45) is 5.73 Å². The molecule has 0 aromatic heterocycles. The maximum Gasteiger partial charge on any atom is 0.343 e. The normalized spacial score (nSPS) is 13.7. The first-order valence-electron chi connectivity index (χ1n) is 14.4. The number of methoxy groups -OCH3 is 1. The molecule has 0 amide bonds. The third-order valence-corrected chi connectivity index (χ3v) is 8.45. The lowest BCUT2D eigenvalue weighted by molar-refractivity contribution is 0.0734. The number of nitrogens with two attached hydrogens (primary N) is 1. The number of nitriles is 1. The van der Waals surface area contributed by atoms with E-state index in [0.717, 1.165) is 18.4 Å². The van der Waals surface area contributed by atoms with Crippen molar-refractivity contribution in [3.05, 3.63) is 121 Å². The molecule has 4 aromatic rings. The van der Waals surface area contributed by atoms with Crippen LogP contribution >= 0.6 is 46.4 Å². The molecule has 0 bridgehead atoms. The van der Waals surface area contributed by atoms with Gasteiger partial charge < -0.3 is 29.4 Å². The molecule has 47 heavy (non-hydrogen) atoms. The predicted molar refractivity (Wildman–Crippen MR) is 181 cm³/mol. The van der Waals surface area contributed by atoms with Gasteiger partial charge in [-0.1, -0.05) is 77.9 Å². The number of carbonyl (C=O) groups is 1. The number of hydrogen-bond acceptors (Lipinski definition) is 8. The number of nitrogens with zero attached hydrogens (tertiary/aromatic N) is 1. The van der Waals surface area contributed by atoms with Crippen LogP contribution in [0, 0.1) is 11.3 Å². The molecule has 1 unspecified atom stereocenters. The second kappa shape index (κ2) is 15.1.